The van der Waals surface area contributed by atoms with E-state index in [0.29, 0.717) is 6.61 Å². The van der Waals surface area contributed by atoms with E-state index in [1.54, 1.807) is 6.92 Å². The molecule has 1 unspecified atom stereocenters. The van der Waals surface area contributed by atoms with Gasteiger partial charge < -0.3 is 0 Å². The Morgan fingerprint density at radius 3 is 2.87 bits per heavy atom. The van der Waals surface area contributed by atoms with Gasteiger partial charge in [-0.3, -0.25) is 0 Å². The van der Waals surface area contributed by atoms with E-state index in [4.69, 9.17) is 10.5 Å². The first kappa shape index (κ1) is 11.9. The second kappa shape index (κ2) is 5.67. The number of tetrazole rings is 1. The number of hydrogen-bond acceptors (Lipinski definition) is 6. The summed E-state index contributed by atoms with van der Waals surface area (Å²) in [6, 6.07) is 0. The first-order valence-electron chi connectivity index (χ1n) is 4.52. The number of hydrogen-bond donors (Lipinski definition) is 1. The normalized spacial score (nSPS) is 12.4. The molecule has 0 saturated heterocycles. The van der Waals surface area contributed by atoms with Crippen molar-refractivity contribution in [1.82, 2.24) is 20.2 Å². The van der Waals surface area contributed by atoms with Gasteiger partial charge in [0, 0.05) is 0 Å². The fourth-order valence-electron chi connectivity index (χ4n) is 0.936. The van der Waals surface area contributed by atoms with Crippen molar-refractivity contribution in [2.45, 2.75) is 24.1 Å². The van der Waals surface area contributed by atoms with Crippen LogP contribution in [0.25, 0.3) is 0 Å². The number of anilines is 1. The zero-order valence-electron chi connectivity index (χ0n) is 8.58. The maximum absolute atomic E-state index is 11.6. The number of esters is 1. The van der Waals surface area contributed by atoms with Gasteiger partial charge in [0.15, 0.2) is 0 Å². The molecule has 1 aromatic heterocycles. The molecule has 0 aliphatic rings. The van der Waals surface area contributed by atoms with Gasteiger partial charge in [-0.25, -0.2) is 0 Å². The van der Waals surface area contributed by atoms with Gasteiger partial charge in [0.25, 0.3) is 0 Å². The fraction of sp³-hybridized carbons (Fsp3) is 0.714. The number of nitrogens with zero attached hydrogens (tertiary/aromatic N) is 4. The van der Waals surface area contributed by atoms with E-state index in [2.05, 4.69) is 15.4 Å². The predicted molar refractivity (Wildman–Crippen MR) is 54.1 cm³/mol. The molecule has 1 atom stereocenters. The minimum atomic E-state index is -0.466. The second-order valence-electron chi connectivity index (χ2n) is 2.53. The average molecular weight is 278 g/mol. The zero-order chi connectivity index (χ0) is 11.3. The molecular weight excluding hydrogens is 265 g/mol. The van der Waals surface area contributed by atoms with Gasteiger partial charge in [-0.2, -0.15) is 0 Å². The summed E-state index contributed by atoms with van der Waals surface area (Å²) in [7, 11) is 0. The number of carbonyl (C=O) groups excluding carboxylic acids is 1. The summed E-state index contributed by atoms with van der Waals surface area (Å²) in [6.45, 7) is 4.10. The number of carbonyl (C=O) groups is 1. The predicted octanol–water partition coefficient (Wildman–Crippen LogP) is -0.541. The first-order chi connectivity index (χ1) is 7.19. The van der Waals surface area contributed by atoms with Gasteiger partial charge in [-0.1, -0.05) is 0 Å². The van der Waals surface area contributed by atoms with Gasteiger partial charge in [0.2, 0.25) is 0 Å². The van der Waals surface area contributed by atoms with Crippen molar-refractivity contribution in [3.05, 3.63) is 0 Å². The minimum absolute atomic E-state index is 0.0411. The van der Waals surface area contributed by atoms with Crippen molar-refractivity contribution in [2.75, 3.05) is 12.3 Å². The molecule has 0 saturated carbocycles. The Balaban J connectivity index is 2.77. The van der Waals surface area contributed by atoms with Crippen LogP contribution >= 0.6 is 0 Å². The van der Waals surface area contributed by atoms with Crippen molar-refractivity contribution < 1.29 is 9.53 Å². The molecule has 0 aromatic carbocycles. The van der Waals surface area contributed by atoms with E-state index in [0.717, 1.165) is 5.32 Å². The molecule has 84 valence electrons. The van der Waals surface area contributed by atoms with Crippen molar-refractivity contribution >= 4 is 26.9 Å². The van der Waals surface area contributed by atoms with E-state index in [-0.39, 0.29) is 26.9 Å². The third-order valence-corrected chi connectivity index (χ3v) is 3.63. The van der Waals surface area contributed by atoms with Gasteiger partial charge in [-0.15, -0.1) is 0 Å². The van der Waals surface area contributed by atoms with Gasteiger partial charge >= 0.3 is 93.1 Å². The van der Waals surface area contributed by atoms with E-state index in [1.165, 1.54) is 4.80 Å². The third kappa shape index (κ3) is 3.17. The number of ether oxygens (including phenoxy) is 1. The first-order valence-corrected chi connectivity index (χ1v) is 6.72. The van der Waals surface area contributed by atoms with Gasteiger partial charge in [0.05, 0.1) is 0 Å². The van der Waals surface area contributed by atoms with E-state index in [9.17, 15) is 4.79 Å². The molecule has 0 fully saturated rings. The Kier molecular flexibility index (Phi) is 4.51. The summed E-state index contributed by atoms with van der Waals surface area (Å²) in [5.41, 5.74) is 5.34. The Hall–Kier alpha value is -1.14. The van der Waals surface area contributed by atoms with Crippen LogP contribution in [0.5, 0.6) is 0 Å². The van der Waals surface area contributed by atoms with Crippen molar-refractivity contribution in [2.24, 2.45) is 0 Å². The van der Waals surface area contributed by atoms with Crippen LogP contribution in [-0.2, 0) is 9.53 Å². The molecule has 2 N–H and O–H groups in total. The molecule has 1 heterocycles. The molecule has 0 bridgehead atoms. The monoisotopic (exact) mass is 279 g/mol. The molecular formula is C7H13N5O2Se. The quantitative estimate of drug-likeness (QED) is 0.574. The van der Waals surface area contributed by atoms with Gasteiger partial charge in [0.1, 0.15) is 0 Å². The summed E-state index contributed by atoms with van der Waals surface area (Å²) in [5.74, 6) is -0.257. The topological polar surface area (TPSA) is 95.9 Å². The van der Waals surface area contributed by atoms with Crippen LogP contribution in [0.2, 0.25) is 5.32 Å². The van der Waals surface area contributed by atoms with Crippen LogP contribution in [0.4, 0.5) is 5.95 Å². The third-order valence-electron chi connectivity index (χ3n) is 1.47. The van der Waals surface area contributed by atoms with Gasteiger partial charge in [-0.05, 0) is 0 Å². The number of rotatable bonds is 5. The second-order valence-corrected chi connectivity index (χ2v) is 5.38. The molecule has 8 heteroatoms. The van der Waals surface area contributed by atoms with Crippen molar-refractivity contribution in [3.8, 4) is 0 Å². The standard InChI is InChI=1S/C7H13N5O2Se/c1-3-14-6(13)5(15-4-2)12-10-7(8)9-11-12/h5H,3-4H2,1-2H3,(H2,8,10). The van der Waals surface area contributed by atoms with Crippen LogP contribution in [0, 0.1) is 0 Å². The SMILES string of the molecule is CCOC(=O)C([Se]CC)n1nnc(N)n1. The molecule has 0 radical (unpaired) electrons. The Morgan fingerprint density at radius 2 is 2.40 bits per heavy atom. The number of nitrogens with two attached hydrogens (primary N) is 1. The number of aromatic nitrogens is 4. The van der Waals surface area contributed by atoms with Crippen molar-refractivity contribution in [3.63, 3.8) is 0 Å². The van der Waals surface area contributed by atoms with Crippen LogP contribution < -0.4 is 5.73 Å². The molecule has 1 aromatic rings. The number of nitrogen functional groups attached to an aromatic ring is 1. The molecule has 0 aliphatic carbocycles. The molecule has 0 spiro atoms. The summed E-state index contributed by atoms with van der Waals surface area (Å²) < 4.78 is 4.93. The van der Waals surface area contributed by atoms with Crippen LogP contribution in [0.3, 0.4) is 0 Å². The van der Waals surface area contributed by atoms with Crippen LogP contribution in [0.15, 0.2) is 0 Å². The summed E-state index contributed by atoms with van der Waals surface area (Å²) in [4.78, 5) is 12.3. The van der Waals surface area contributed by atoms with Crippen LogP contribution in [0.1, 0.15) is 18.8 Å². The van der Waals surface area contributed by atoms with E-state index in [1.807, 2.05) is 6.92 Å². The fourth-order valence-corrected chi connectivity index (χ4v) is 2.49. The summed E-state index contributed by atoms with van der Waals surface area (Å²) >= 11 is 0.0411. The van der Waals surface area contributed by atoms with Crippen molar-refractivity contribution in [1.29, 1.82) is 0 Å². The average Bonchev–Trinajstić information content (AvgIpc) is 2.61. The Morgan fingerprint density at radius 1 is 1.67 bits per heavy atom. The molecule has 15 heavy (non-hydrogen) atoms. The van der Waals surface area contributed by atoms with Crippen LogP contribution in [-0.4, -0.2) is 47.7 Å². The van der Waals surface area contributed by atoms with E-state index >= 15 is 0 Å². The molecule has 0 amide bonds. The summed E-state index contributed by atoms with van der Waals surface area (Å²) in [6.07, 6.45) is 0. The Bertz CT molecular complexity index is 329. The Labute approximate surface area is 93.5 Å². The maximum atomic E-state index is 11.6. The molecule has 0 aliphatic heterocycles. The molecule has 1 rings (SSSR count). The van der Waals surface area contributed by atoms with E-state index < -0.39 is 4.94 Å². The zero-order valence-corrected chi connectivity index (χ0v) is 10.3. The summed E-state index contributed by atoms with van der Waals surface area (Å²) in [5, 5.41) is 11.9. The molecule has 7 nitrogen and oxygen atoms in total.